The number of carbonyl (C=O) groups excluding carboxylic acids is 1. The first kappa shape index (κ1) is 14.6. The maximum atomic E-state index is 13.4. The van der Waals surface area contributed by atoms with Crippen LogP contribution in [0.2, 0.25) is 0 Å². The molecule has 0 fully saturated rings. The van der Waals surface area contributed by atoms with Gasteiger partial charge in [0.05, 0.1) is 5.56 Å². The van der Waals surface area contributed by atoms with Gasteiger partial charge >= 0.3 is 0 Å². The predicted molar refractivity (Wildman–Crippen MR) is 69.2 cm³/mol. The molecule has 1 rings (SSSR count). The molecular weight excluding hydrogens is 233 g/mol. The van der Waals surface area contributed by atoms with Gasteiger partial charge in [0.1, 0.15) is 11.6 Å². The van der Waals surface area contributed by atoms with E-state index in [1.54, 1.807) is 0 Å². The first-order valence-corrected chi connectivity index (χ1v) is 6.02. The average molecular weight is 253 g/mol. The van der Waals surface area contributed by atoms with Crippen molar-refractivity contribution in [1.82, 2.24) is 4.90 Å². The molecule has 1 aromatic rings. The number of phenols is 1. The van der Waals surface area contributed by atoms with Gasteiger partial charge in [-0.3, -0.25) is 4.79 Å². The number of ketones is 1. The molecule has 0 aliphatic carbocycles. The number of Topliss-reactive ketones (excluding diaryl/α,β-unsaturated/α-hetero) is 1. The van der Waals surface area contributed by atoms with Gasteiger partial charge in [-0.05, 0) is 32.0 Å². The third-order valence-electron chi connectivity index (χ3n) is 2.65. The minimum absolute atomic E-state index is 0.0444. The summed E-state index contributed by atoms with van der Waals surface area (Å²) in [6.07, 6.45) is 0. The van der Waals surface area contributed by atoms with E-state index < -0.39 is 5.82 Å². The first-order valence-electron chi connectivity index (χ1n) is 6.02. The second-order valence-electron chi connectivity index (χ2n) is 5.11. The smallest absolute Gasteiger partial charge is 0.163 e. The van der Waals surface area contributed by atoms with Crippen LogP contribution in [0, 0.1) is 11.7 Å². The molecule has 0 amide bonds. The molecule has 4 heteroatoms. The number of nitrogens with zero attached hydrogens (tertiary/aromatic N) is 1. The summed E-state index contributed by atoms with van der Waals surface area (Å²) in [4.78, 5) is 13.3. The molecular formula is C14H20FNO2. The van der Waals surface area contributed by atoms with Crippen LogP contribution in [0.25, 0.3) is 0 Å². The summed E-state index contributed by atoms with van der Waals surface area (Å²) in [5, 5.41) is 9.95. The Kier molecular flexibility index (Phi) is 4.84. The van der Waals surface area contributed by atoms with Crippen LogP contribution in [0.3, 0.4) is 0 Å². The molecule has 0 aliphatic rings. The van der Waals surface area contributed by atoms with Gasteiger partial charge in [0, 0.05) is 18.7 Å². The van der Waals surface area contributed by atoms with Crippen LogP contribution in [-0.2, 0) is 6.54 Å². The molecule has 100 valence electrons. The van der Waals surface area contributed by atoms with Gasteiger partial charge in [-0.2, -0.15) is 0 Å². The number of carbonyl (C=O) groups is 1. The van der Waals surface area contributed by atoms with Crippen LogP contribution in [0.5, 0.6) is 5.75 Å². The highest BCUT2D eigenvalue weighted by Crippen LogP contribution is 2.25. The van der Waals surface area contributed by atoms with Gasteiger partial charge in [-0.25, -0.2) is 4.39 Å². The van der Waals surface area contributed by atoms with Crippen molar-refractivity contribution >= 4 is 5.78 Å². The highest BCUT2D eigenvalue weighted by Gasteiger charge is 2.15. The van der Waals surface area contributed by atoms with E-state index in [0.717, 1.165) is 12.6 Å². The third kappa shape index (κ3) is 3.81. The Morgan fingerprint density at radius 1 is 1.44 bits per heavy atom. The number of hydrogen-bond acceptors (Lipinski definition) is 3. The molecule has 0 unspecified atom stereocenters. The number of halogens is 1. The summed E-state index contributed by atoms with van der Waals surface area (Å²) in [7, 11) is 1.90. The summed E-state index contributed by atoms with van der Waals surface area (Å²) in [5.41, 5.74) is 0.492. The summed E-state index contributed by atoms with van der Waals surface area (Å²) in [6, 6.07) is 2.35. The third-order valence-corrected chi connectivity index (χ3v) is 2.65. The SMILES string of the molecule is CC(=O)c1cc(F)cc(CN(C)CC(C)C)c1O. The molecule has 0 saturated heterocycles. The maximum absolute atomic E-state index is 13.4. The van der Waals surface area contributed by atoms with Crippen LogP contribution in [0.1, 0.15) is 36.7 Å². The van der Waals surface area contributed by atoms with E-state index in [2.05, 4.69) is 13.8 Å². The van der Waals surface area contributed by atoms with Gasteiger partial charge in [-0.15, -0.1) is 0 Å². The fourth-order valence-electron chi connectivity index (χ4n) is 2.02. The topological polar surface area (TPSA) is 40.5 Å². The predicted octanol–water partition coefficient (Wildman–Crippen LogP) is 2.82. The van der Waals surface area contributed by atoms with Crippen LogP contribution >= 0.6 is 0 Å². The Balaban J connectivity index is 2.98. The van der Waals surface area contributed by atoms with Crippen molar-refractivity contribution in [2.24, 2.45) is 5.92 Å². The molecule has 3 nitrogen and oxygen atoms in total. The van der Waals surface area contributed by atoms with Crippen LogP contribution in [0.15, 0.2) is 12.1 Å². The van der Waals surface area contributed by atoms with E-state index in [1.165, 1.54) is 13.0 Å². The van der Waals surface area contributed by atoms with Gasteiger partial charge in [0.15, 0.2) is 5.78 Å². The highest BCUT2D eigenvalue weighted by molar-refractivity contribution is 5.97. The average Bonchev–Trinajstić information content (AvgIpc) is 2.21. The molecule has 0 saturated carbocycles. The highest BCUT2D eigenvalue weighted by atomic mass is 19.1. The van der Waals surface area contributed by atoms with Crippen LogP contribution in [-0.4, -0.2) is 29.4 Å². The molecule has 0 aromatic heterocycles. The van der Waals surface area contributed by atoms with E-state index in [4.69, 9.17) is 0 Å². The quantitative estimate of drug-likeness (QED) is 0.820. The molecule has 18 heavy (non-hydrogen) atoms. The summed E-state index contributed by atoms with van der Waals surface area (Å²) in [5.74, 6) is -0.455. The van der Waals surface area contributed by atoms with Crippen molar-refractivity contribution in [3.63, 3.8) is 0 Å². The molecule has 1 aromatic carbocycles. The van der Waals surface area contributed by atoms with Crippen molar-refractivity contribution in [2.45, 2.75) is 27.3 Å². The van der Waals surface area contributed by atoms with Crippen molar-refractivity contribution in [3.05, 3.63) is 29.1 Å². The zero-order chi connectivity index (χ0) is 13.9. The summed E-state index contributed by atoms with van der Waals surface area (Å²) in [6.45, 7) is 6.75. The summed E-state index contributed by atoms with van der Waals surface area (Å²) < 4.78 is 13.4. The number of rotatable bonds is 5. The Morgan fingerprint density at radius 3 is 2.56 bits per heavy atom. The Morgan fingerprint density at radius 2 is 2.06 bits per heavy atom. The number of benzene rings is 1. The largest absolute Gasteiger partial charge is 0.507 e. The van der Waals surface area contributed by atoms with Gasteiger partial charge < -0.3 is 10.0 Å². The lowest BCUT2D eigenvalue weighted by atomic mass is 10.0. The lowest BCUT2D eigenvalue weighted by Crippen LogP contribution is -2.23. The monoisotopic (exact) mass is 253 g/mol. The molecule has 0 bridgehead atoms. The number of hydrogen-bond donors (Lipinski definition) is 1. The zero-order valence-electron chi connectivity index (χ0n) is 11.3. The van der Waals surface area contributed by atoms with Gasteiger partial charge in [0.2, 0.25) is 0 Å². The fourth-order valence-corrected chi connectivity index (χ4v) is 2.02. The molecule has 0 spiro atoms. The van der Waals surface area contributed by atoms with Gasteiger partial charge in [-0.1, -0.05) is 13.8 Å². The normalized spacial score (nSPS) is 11.3. The summed E-state index contributed by atoms with van der Waals surface area (Å²) >= 11 is 0. The molecule has 0 heterocycles. The molecule has 1 N–H and O–H groups in total. The maximum Gasteiger partial charge on any atom is 0.163 e. The molecule has 0 atom stereocenters. The van der Waals surface area contributed by atoms with Crippen LogP contribution < -0.4 is 0 Å². The van der Waals surface area contributed by atoms with Crippen molar-refractivity contribution in [2.75, 3.05) is 13.6 Å². The van der Waals surface area contributed by atoms with Crippen molar-refractivity contribution in [1.29, 1.82) is 0 Å². The fraction of sp³-hybridized carbons (Fsp3) is 0.500. The van der Waals surface area contributed by atoms with E-state index in [1.807, 2.05) is 11.9 Å². The minimum atomic E-state index is -0.494. The second-order valence-corrected chi connectivity index (χ2v) is 5.11. The van der Waals surface area contributed by atoms with E-state index >= 15 is 0 Å². The van der Waals surface area contributed by atoms with E-state index in [9.17, 15) is 14.3 Å². The van der Waals surface area contributed by atoms with Crippen molar-refractivity contribution < 1.29 is 14.3 Å². The van der Waals surface area contributed by atoms with E-state index in [-0.39, 0.29) is 17.1 Å². The van der Waals surface area contributed by atoms with Gasteiger partial charge in [0.25, 0.3) is 0 Å². The Labute approximate surface area is 107 Å². The second kappa shape index (κ2) is 5.96. The lowest BCUT2D eigenvalue weighted by molar-refractivity contribution is 0.101. The number of aromatic hydroxyl groups is 1. The minimum Gasteiger partial charge on any atom is -0.507 e. The Bertz CT molecular complexity index is 444. The van der Waals surface area contributed by atoms with Crippen molar-refractivity contribution in [3.8, 4) is 5.75 Å². The van der Waals surface area contributed by atoms with E-state index in [0.29, 0.717) is 18.0 Å². The molecule has 0 radical (unpaired) electrons. The Hall–Kier alpha value is -1.42. The number of phenolic OH excluding ortho intramolecular Hbond substituents is 1. The first-order chi connectivity index (χ1) is 8.31. The standard InChI is InChI=1S/C14H20FNO2/c1-9(2)7-16(4)8-11-5-12(15)6-13(10(3)17)14(11)18/h5-6,9,18H,7-8H2,1-4H3. The molecule has 0 aliphatic heterocycles. The van der Waals surface area contributed by atoms with Crippen LogP contribution in [0.4, 0.5) is 4.39 Å². The zero-order valence-corrected chi connectivity index (χ0v) is 11.3. The lowest BCUT2D eigenvalue weighted by Gasteiger charge is -2.20.